The van der Waals surface area contributed by atoms with Crippen molar-refractivity contribution < 1.29 is 22.0 Å². The summed E-state index contributed by atoms with van der Waals surface area (Å²) in [4.78, 5) is 0. The van der Waals surface area contributed by atoms with Crippen molar-refractivity contribution >= 4 is 53.9 Å². The molecular formula is C87H43F5. The van der Waals surface area contributed by atoms with E-state index in [1.54, 1.807) is 60.7 Å². The number of benzene rings is 16. The zero-order chi connectivity index (χ0) is 60.8. The zero-order valence-electron chi connectivity index (χ0n) is 49.0. The molecule has 0 spiro atoms. The van der Waals surface area contributed by atoms with Gasteiger partial charge in [0.1, 0.15) is 29.1 Å². The number of hydrogen-bond donors (Lipinski definition) is 0. The molecule has 92 heavy (non-hydrogen) atoms. The maximum absolute atomic E-state index is 15.7. The molecule has 0 heterocycles. The van der Waals surface area contributed by atoms with Gasteiger partial charge in [-0.05, 0) is 294 Å². The van der Waals surface area contributed by atoms with Crippen molar-refractivity contribution in [1.29, 1.82) is 0 Å². The minimum Gasteiger partial charge on any atom is -0.207 e. The van der Waals surface area contributed by atoms with E-state index in [1.807, 2.05) is 30.3 Å². The summed E-state index contributed by atoms with van der Waals surface area (Å²) < 4.78 is 78.1. The van der Waals surface area contributed by atoms with Crippen molar-refractivity contribution in [3.63, 3.8) is 0 Å². The topological polar surface area (TPSA) is 0 Å². The van der Waals surface area contributed by atoms with Gasteiger partial charge in [0.2, 0.25) is 0 Å². The summed E-state index contributed by atoms with van der Waals surface area (Å²) in [7, 11) is 0. The highest BCUT2D eigenvalue weighted by molar-refractivity contribution is 6.30. The Morgan fingerprint density at radius 2 is 0.337 bits per heavy atom. The summed E-state index contributed by atoms with van der Waals surface area (Å²) in [5.41, 5.74) is 29.7. The van der Waals surface area contributed by atoms with Crippen molar-refractivity contribution in [2.45, 2.75) is 6.92 Å². The molecule has 0 saturated carbocycles. The van der Waals surface area contributed by atoms with E-state index < -0.39 is 0 Å². The van der Waals surface area contributed by atoms with E-state index in [9.17, 15) is 0 Å². The molecular weight excluding hydrogens is 1140 g/mol. The molecule has 16 aromatic rings. The second-order valence-corrected chi connectivity index (χ2v) is 25.4. The molecule has 0 atom stereocenters. The molecule has 5 heteroatoms. The lowest BCUT2D eigenvalue weighted by Gasteiger charge is -2.30. The van der Waals surface area contributed by atoms with Gasteiger partial charge in [-0.3, -0.25) is 0 Å². The van der Waals surface area contributed by atoms with Crippen LogP contribution in [0.25, 0.3) is 221 Å². The van der Waals surface area contributed by atoms with E-state index in [-0.39, 0.29) is 29.1 Å². The Hall–Kier alpha value is -11.5. The Kier molecular flexibility index (Phi) is 9.66. The van der Waals surface area contributed by atoms with Crippen molar-refractivity contribution in [3.05, 3.63) is 277 Å². The second-order valence-electron chi connectivity index (χ2n) is 25.4. The van der Waals surface area contributed by atoms with Gasteiger partial charge < -0.3 is 0 Å². The van der Waals surface area contributed by atoms with Gasteiger partial charge in [-0.1, -0.05) is 182 Å². The van der Waals surface area contributed by atoms with E-state index in [4.69, 9.17) is 0 Å². The monoisotopic (exact) mass is 1180 g/mol. The maximum atomic E-state index is 15.7. The third kappa shape index (κ3) is 6.34. The highest BCUT2D eigenvalue weighted by atomic mass is 19.1. The van der Waals surface area contributed by atoms with Gasteiger partial charge >= 0.3 is 0 Å². The van der Waals surface area contributed by atoms with Gasteiger partial charge in [0.05, 0.1) is 0 Å². The number of halogens is 5. The minimum atomic E-state index is -0.308. The van der Waals surface area contributed by atoms with E-state index in [1.165, 1.54) is 0 Å². The van der Waals surface area contributed by atoms with Crippen LogP contribution in [0.1, 0.15) is 5.56 Å². The molecule has 16 aromatic carbocycles. The average Bonchev–Trinajstić information content (AvgIpc) is 1.06. The molecule has 5 aliphatic rings. The van der Waals surface area contributed by atoms with E-state index in [0.717, 1.165) is 226 Å². The molecule has 21 rings (SSSR count). The van der Waals surface area contributed by atoms with Crippen LogP contribution in [0.2, 0.25) is 0 Å². The summed E-state index contributed by atoms with van der Waals surface area (Å²) in [6, 6.07) is 80.0. The van der Waals surface area contributed by atoms with Gasteiger partial charge in [-0.15, -0.1) is 0 Å². The summed E-state index contributed by atoms with van der Waals surface area (Å²) in [5.74, 6) is -1.52. The Labute approximate surface area is 524 Å². The molecule has 0 bridgehead atoms. The summed E-state index contributed by atoms with van der Waals surface area (Å²) in [5, 5.41) is 10.1. The first kappa shape index (κ1) is 50.3. The van der Waals surface area contributed by atoms with Gasteiger partial charge in [0.15, 0.2) is 0 Å². The van der Waals surface area contributed by atoms with Crippen molar-refractivity contribution in [3.8, 4) is 167 Å². The molecule has 0 aliphatic heterocycles. The molecule has 426 valence electrons. The highest BCUT2D eigenvalue weighted by Crippen LogP contribution is 2.63. The largest absolute Gasteiger partial charge is 0.207 e. The molecule has 0 amide bonds. The normalized spacial score (nSPS) is 12.7. The lowest BCUT2D eigenvalue weighted by atomic mass is 9.72. The Balaban J connectivity index is 1.01. The number of fused-ring (bicyclic) bond motifs is 15. The summed E-state index contributed by atoms with van der Waals surface area (Å²) in [6.07, 6.45) is 0. The van der Waals surface area contributed by atoms with E-state index in [2.05, 4.69) is 159 Å². The Morgan fingerprint density at radius 1 is 0.163 bits per heavy atom. The van der Waals surface area contributed by atoms with Crippen LogP contribution in [0.15, 0.2) is 243 Å². The fourth-order valence-electron chi connectivity index (χ4n) is 17.6. The molecule has 0 nitrogen and oxygen atoms in total. The molecule has 5 aliphatic carbocycles. The van der Waals surface area contributed by atoms with Gasteiger partial charge in [0, 0.05) is 0 Å². The summed E-state index contributed by atoms with van der Waals surface area (Å²) in [6.45, 7) is 2.28. The lowest BCUT2D eigenvalue weighted by Crippen LogP contribution is -2.04. The minimum absolute atomic E-state index is 0.301. The number of hydrogen-bond acceptors (Lipinski definition) is 0. The molecule has 0 aromatic heterocycles. The van der Waals surface area contributed by atoms with Crippen LogP contribution >= 0.6 is 0 Å². The zero-order valence-corrected chi connectivity index (χ0v) is 49.0. The second kappa shape index (κ2) is 17.7. The predicted molar refractivity (Wildman–Crippen MR) is 368 cm³/mol. The van der Waals surface area contributed by atoms with Gasteiger partial charge in [0.25, 0.3) is 0 Å². The van der Waals surface area contributed by atoms with Crippen molar-refractivity contribution in [2.24, 2.45) is 0 Å². The van der Waals surface area contributed by atoms with Crippen LogP contribution in [-0.4, -0.2) is 0 Å². The quantitative estimate of drug-likeness (QED) is 0.151. The third-order valence-corrected chi connectivity index (χ3v) is 21.1. The smallest absolute Gasteiger partial charge is 0.123 e. The first-order valence-electron chi connectivity index (χ1n) is 31.2. The van der Waals surface area contributed by atoms with Crippen LogP contribution in [0, 0.1) is 36.0 Å². The van der Waals surface area contributed by atoms with Crippen molar-refractivity contribution in [1.82, 2.24) is 0 Å². The van der Waals surface area contributed by atoms with Crippen LogP contribution in [-0.2, 0) is 0 Å². The fraction of sp³-hybridized carbons (Fsp3) is 0.0115. The first-order valence-corrected chi connectivity index (χ1v) is 31.2. The SMILES string of the molecule is Cc1c(-c2ccc3c4c(cccc24)-c2cc(F)ccc2-3)c(-c2ccc3c4c(cccc24)-c2cc(F)ccc2-3)c(-c2ccc3c4c(cccc24)-c2cc(F)ccc2-3)c(-c2ccc3c4c(cccc24)-c2cc(F)ccc2-3)c1-c1ccc2c3c(cccc13)-c1cc(F)ccc1-2. The third-order valence-electron chi connectivity index (χ3n) is 21.1. The predicted octanol–water partition coefficient (Wildman–Crippen LogP) is 25.0. The molecule has 0 fully saturated rings. The van der Waals surface area contributed by atoms with Crippen molar-refractivity contribution in [2.75, 3.05) is 0 Å². The molecule has 0 N–H and O–H groups in total. The Bertz CT molecular complexity index is 5950. The standard InChI is InChI=1S/C87H43F5/c1-42-78(68-32-27-63-48-22-17-43(88)37-73(48)58-12-2-7-53(68)80(58)63)85(70-34-29-65-50-24-19-45(90)39-75(50)60-14-4-9-55(70)82(60)65)87(72-36-31-67-52-26-21-47(92)41-77(52)62-16-6-11-57(72)84(62)67)86(71-35-30-66-51-25-20-46(91)40-76(51)61-15-5-10-56(71)83(61)66)79(42)69-33-28-64-49-23-18-44(89)38-74(49)59-13-3-8-54(69)81(59)64/h2-41H,1H3. The number of rotatable bonds is 5. The van der Waals surface area contributed by atoms with Crippen LogP contribution in [0.3, 0.4) is 0 Å². The Morgan fingerprint density at radius 3 is 0.565 bits per heavy atom. The molecule has 0 saturated heterocycles. The molecule has 0 unspecified atom stereocenters. The van der Waals surface area contributed by atoms with E-state index in [0.29, 0.717) is 0 Å². The maximum Gasteiger partial charge on any atom is 0.123 e. The van der Waals surface area contributed by atoms with Gasteiger partial charge in [-0.25, -0.2) is 22.0 Å². The van der Waals surface area contributed by atoms with E-state index >= 15 is 22.0 Å². The van der Waals surface area contributed by atoms with Gasteiger partial charge in [-0.2, -0.15) is 0 Å². The van der Waals surface area contributed by atoms with Crippen LogP contribution < -0.4 is 0 Å². The van der Waals surface area contributed by atoms with Crippen LogP contribution in [0.5, 0.6) is 0 Å². The molecule has 0 radical (unpaired) electrons. The first-order chi connectivity index (χ1) is 45.1. The fourth-order valence-corrected chi connectivity index (χ4v) is 17.6. The average molecular weight is 1180 g/mol. The lowest BCUT2D eigenvalue weighted by molar-refractivity contribution is 0.628. The summed E-state index contributed by atoms with van der Waals surface area (Å²) >= 11 is 0. The highest BCUT2D eigenvalue weighted by Gasteiger charge is 2.37. The van der Waals surface area contributed by atoms with Crippen LogP contribution in [0.4, 0.5) is 22.0 Å².